The highest BCUT2D eigenvalue weighted by molar-refractivity contribution is 5.92. The van der Waals surface area contributed by atoms with Crippen LogP contribution in [0.5, 0.6) is 0 Å². The van der Waals surface area contributed by atoms with Crippen LogP contribution in [0.15, 0.2) is 64.7 Å². The van der Waals surface area contributed by atoms with Crippen LogP contribution in [0.3, 0.4) is 0 Å². The summed E-state index contributed by atoms with van der Waals surface area (Å²) in [6.45, 7) is 6.30. The summed E-state index contributed by atoms with van der Waals surface area (Å²) < 4.78 is 28.1. The normalized spacial score (nSPS) is 30.1. The van der Waals surface area contributed by atoms with Gasteiger partial charge in [-0.05, 0) is 20.3 Å². The van der Waals surface area contributed by atoms with Crippen molar-refractivity contribution in [3.63, 3.8) is 0 Å². The minimum absolute atomic E-state index is 0.00297. The maximum atomic E-state index is 12.9. The van der Waals surface area contributed by atoms with Gasteiger partial charge in [-0.1, -0.05) is 18.2 Å². The second-order valence-corrected chi connectivity index (χ2v) is 12.0. The molecule has 0 bridgehead atoms. The van der Waals surface area contributed by atoms with Crippen molar-refractivity contribution in [2.45, 2.75) is 63.1 Å². The van der Waals surface area contributed by atoms with Gasteiger partial charge in [0.15, 0.2) is 18.4 Å². The number of aliphatic hydroxyl groups excluding tert-OH is 4. The molecule has 18 heteroatoms. The van der Waals surface area contributed by atoms with E-state index in [9.17, 15) is 40.2 Å². The van der Waals surface area contributed by atoms with Crippen LogP contribution in [0.2, 0.25) is 0 Å². The largest absolute Gasteiger partial charge is 0.478 e. The lowest BCUT2D eigenvalue weighted by molar-refractivity contribution is -0.843. The number of carboxylic acid groups (broad SMARTS) is 1. The third-order valence-electron chi connectivity index (χ3n) is 8.12. The number of nitrogens with zero attached hydrogens (tertiary/aromatic N) is 1. The van der Waals surface area contributed by atoms with E-state index >= 15 is 0 Å². The topological polar surface area (TPSA) is 277 Å². The van der Waals surface area contributed by atoms with Gasteiger partial charge in [-0.3, -0.25) is 4.99 Å². The van der Waals surface area contributed by atoms with Gasteiger partial charge in [-0.15, -0.1) is 6.58 Å². The number of carbonyl (C=O) groups is 2. The third kappa shape index (κ3) is 9.75. The van der Waals surface area contributed by atoms with Crippen LogP contribution in [0.25, 0.3) is 0 Å². The van der Waals surface area contributed by atoms with E-state index in [0.717, 1.165) is 6.26 Å². The number of hydrogen-bond donors (Lipinski definition) is 10. The van der Waals surface area contributed by atoms with Gasteiger partial charge in [0.05, 0.1) is 55.5 Å². The molecule has 0 radical (unpaired) electrons. The summed E-state index contributed by atoms with van der Waals surface area (Å²) in [6, 6.07) is 0. The summed E-state index contributed by atoms with van der Waals surface area (Å²) in [5, 5.41) is 73.5. The van der Waals surface area contributed by atoms with Gasteiger partial charge in [0.2, 0.25) is 12.1 Å². The Kier molecular flexibility index (Phi) is 15.1. The highest BCUT2D eigenvalue weighted by Gasteiger charge is 2.57. The SMILES string of the molecule is C=C[C@H]1[C@H](O[C@@H]2O[C@H](CO)[C@@H](O)C(O)(O)[C@H]2OC(C)C)OC=C(C(=O)OC)[C@H]1/C=C\C1=C[NH+](CCO)CC(C(=O)O)=C1NC(N)=NCCCO. The van der Waals surface area contributed by atoms with Crippen molar-refractivity contribution in [3.8, 4) is 0 Å². The fourth-order valence-corrected chi connectivity index (χ4v) is 5.64. The molecule has 3 heterocycles. The molecule has 0 aromatic heterocycles. The van der Waals surface area contributed by atoms with Crippen molar-refractivity contribution < 1.29 is 73.9 Å². The summed E-state index contributed by atoms with van der Waals surface area (Å²) in [5.74, 6) is -6.84. The molecule has 1 saturated heterocycles. The molecule has 50 heavy (non-hydrogen) atoms. The number of carboxylic acids is 1. The number of aliphatic imine (C=N–C) groups is 1. The lowest BCUT2D eigenvalue weighted by Crippen LogP contribution is -3.09. The molecule has 3 aliphatic rings. The number of nitrogens with one attached hydrogen (secondary N) is 2. The fourth-order valence-electron chi connectivity index (χ4n) is 5.64. The minimum atomic E-state index is -2.91. The first-order valence-corrected chi connectivity index (χ1v) is 16.0. The molecule has 0 amide bonds. The Morgan fingerprint density at radius 3 is 2.54 bits per heavy atom. The maximum absolute atomic E-state index is 12.9. The van der Waals surface area contributed by atoms with Crippen LogP contribution >= 0.6 is 0 Å². The number of guanidine groups is 1. The molecular weight excluding hydrogens is 664 g/mol. The Morgan fingerprint density at radius 2 is 1.96 bits per heavy atom. The molecule has 280 valence electrons. The smallest absolute Gasteiger partial charge is 0.339 e. The van der Waals surface area contributed by atoms with Crippen LogP contribution in [0, 0.1) is 11.8 Å². The fraction of sp³-hybridized carbons (Fsp3) is 0.594. The number of aliphatic carboxylic acids is 1. The van der Waals surface area contributed by atoms with E-state index in [-0.39, 0.29) is 55.7 Å². The molecule has 18 nitrogen and oxygen atoms in total. The minimum Gasteiger partial charge on any atom is -0.478 e. The van der Waals surface area contributed by atoms with E-state index in [1.54, 1.807) is 26.1 Å². The zero-order chi connectivity index (χ0) is 37.2. The highest BCUT2D eigenvalue weighted by atomic mass is 16.8. The van der Waals surface area contributed by atoms with E-state index in [4.69, 9.17) is 34.5 Å². The van der Waals surface area contributed by atoms with Gasteiger partial charge in [-0.25, -0.2) is 9.59 Å². The quantitative estimate of drug-likeness (QED) is 0.0184. The van der Waals surface area contributed by atoms with Crippen LogP contribution in [-0.4, -0.2) is 143 Å². The Bertz CT molecular complexity index is 1360. The van der Waals surface area contributed by atoms with Gasteiger partial charge in [-0.2, -0.15) is 0 Å². The molecule has 8 atom stereocenters. The number of methoxy groups -OCH3 is 1. The molecule has 11 N–H and O–H groups in total. The van der Waals surface area contributed by atoms with Crippen molar-refractivity contribution in [2.75, 3.05) is 46.6 Å². The average Bonchev–Trinajstić information content (AvgIpc) is 3.07. The van der Waals surface area contributed by atoms with Crippen molar-refractivity contribution in [2.24, 2.45) is 22.6 Å². The van der Waals surface area contributed by atoms with Crippen LogP contribution < -0.4 is 16.0 Å². The number of esters is 1. The van der Waals surface area contributed by atoms with Crippen molar-refractivity contribution >= 4 is 17.9 Å². The van der Waals surface area contributed by atoms with E-state index in [1.807, 2.05) is 0 Å². The Hall–Kier alpha value is -3.69. The Balaban J connectivity index is 2.06. The van der Waals surface area contributed by atoms with Crippen molar-refractivity contribution in [1.29, 1.82) is 0 Å². The number of allylic oxidation sites excluding steroid dienone is 2. The molecule has 0 aromatic carbocycles. The summed E-state index contributed by atoms with van der Waals surface area (Å²) in [4.78, 5) is 30.0. The number of hydrogen-bond acceptors (Lipinski definition) is 14. The third-order valence-corrected chi connectivity index (χ3v) is 8.12. The lowest BCUT2D eigenvalue weighted by atomic mass is 9.83. The summed E-state index contributed by atoms with van der Waals surface area (Å²) in [6.07, 6.45) is -1.02. The van der Waals surface area contributed by atoms with Crippen LogP contribution in [0.1, 0.15) is 20.3 Å². The highest BCUT2D eigenvalue weighted by Crippen LogP contribution is 2.38. The standard InChI is InChI=1S/C32H48N4O14/c1-5-19-20(8-7-18-13-36(10-12-38)14-21(27(41)42)24(18)35-31(33)34-9-6-11-37)22(28(43)46-4)16-47-29(19)50-30-26(48-17(2)3)32(44,45)25(40)23(15-39)49-30/h5,7-8,13,16-17,19-20,23,25-26,29-30,37-40,44-45H,1,6,9-12,14-15H2,2-4H3,(H,41,42)(H3,33,34,35)/p+1/b8-7-/t19-,20+,23-,25-,26+,29+,30+/m1/s1. The van der Waals surface area contributed by atoms with E-state index in [1.165, 1.54) is 19.3 Å². The molecule has 0 aliphatic carbocycles. The zero-order valence-electron chi connectivity index (χ0n) is 28.2. The van der Waals surface area contributed by atoms with Gasteiger partial charge in [0.1, 0.15) is 37.1 Å². The van der Waals surface area contributed by atoms with Gasteiger partial charge in [0, 0.05) is 19.1 Å². The van der Waals surface area contributed by atoms with Gasteiger partial charge >= 0.3 is 11.9 Å². The molecule has 3 rings (SSSR count). The first kappa shape index (κ1) is 40.7. The second kappa shape index (κ2) is 18.5. The predicted molar refractivity (Wildman–Crippen MR) is 173 cm³/mol. The first-order valence-electron chi connectivity index (χ1n) is 16.0. The summed E-state index contributed by atoms with van der Waals surface area (Å²) in [5.41, 5.74) is 6.44. The number of ether oxygens (including phenoxy) is 5. The van der Waals surface area contributed by atoms with E-state index < -0.39 is 73.2 Å². The van der Waals surface area contributed by atoms with Gasteiger partial charge < -0.3 is 75.4 Å². The number of quaternary nitrogens is 1. The predicted octanol–water partition coefficient (Wildman–Crippen LogP) is -3.66. The summed E-state index contributed by atoms with van der Waals surface area (Å²) in [7, 11) is 1.17. The molecule has 0 saturated carbocycles. The Labute approximate surface area is 289 Å². The molecule has 1 unspecified atom stereocenters. The Morgan fingerprint density at radius 1 is 1.24 bits per heavy atom. The lowest BCUT2D eigenvalue weighted by Gasteiger charge is -2.48. The first-order chi connectivity index (χ1) is 23.7. The van der Waals surface area contributed by atoms with Crippen LogP contribution in [-0.2, 0) is 33.3 Å². The molecule has 0 spiro atoms. The van der Waals surface area contributed by atoms with Crippen molar-refractivity contribution in [3.05, 3.63) is 59.7 Å². The van der Waals surface area contributed by atoms with E-state index in [2.05, 4.69) is 16.9 Å². The number of nitrogens with two attached hydrogens (primary N) is 1. The van der Waals surface area contributed by atoms with Crippen LogP contribution in [0.4, 0.5) is 0 Å². The monoisotopic (exact) mass is 713 g/mol. The van der Waals surface area contributed by atoms with E-state index in [0.29, 0.717) is 16.9 Å². The molecule has 3 aliphatic heterocycles. The molecular formula is C32H49N4O14+. The van der Waals surface area contributed by atoms with Crippen molar-refractivity contribution in [1.82, 2.24) is 5.32 Å². The molecule has 0 aromatic rings. The zero-order valence-corrected chi connectivity index (χ0v) is 28.2. The number of aliphatic hydroxyl groups is 6. The number of rotatable bonds is 16. The second-order valence-electron chi connectivity index (χ2n) is 12.0. The van der Waals surface area contributed by atoms with Gasteiger partial charge in [0.25, 0.3) is 0 Å². The number of carbonyl (C=O) groups excluding carboxylic acids is 1. The average molecular weight is 714 g/mol. The maximum Gasteiger partial charge on any atom is 0.339 e. The molecule has 1 fully saturated rings. The summed E-state index contributed by atoms with van der Waals surface area (Å²) >= 11 is 0.